The van der Waals surface area contributed by atoms with E-state index in [1.807, 2.05) is 48.5 Å². The molecule has 0 saturated carbocycles. The summed E-state index contributed by atoms with van der Waals surface area (Å²) in [6, 6.07) is 24.5. The van der Waals surface area contributed by atoms with Crippen LogP contribution >= 0.6 is 0 Å². The number of anilines is 1. The van der Waals surface area contributed by atoms with Crippen LogP contribution in [0, 0.1) is 0 Å². The van der Waals surface area contributed by atoms with E-state index in [9.17, 15) is 14.7 Å². The molecule has 0 fully saturated rings. The number of carbonyl (C=O) groups is 2. The Hall–Kier alpha value is -3.96. The number of rotatable bonds is 6. The lowest BCUT2D eigenvalue weighted by atomic mass is 9.90. The summed E-state index contributed by atoms with van der Waals surface area (Å²) in [5, 5.41) is 13.6. The highest BCUT2D eigenvalue weighted by Gasteiger charge is 2.50. The maximum absolute atomic E-state index is 13.5. The molecule has 5 rings (SSSR count). The molecule has 1 atom stereocenters. The van der Waals surface area contributed by atoms with Crippen LogP contribution in [0.2, 0.25) is 0 Å². The monoisotopic (exact) mass is 423 g/mol. The molecule has 1 aliphatic rings. The topological polar surface area (TPSA) is 70.7 Å². The third-order valence-electron chi connectivity index (χ3n) is 5.85. The Morgan fingerprint density at radius 3 is 2.59 bits per heavy atom. The van der Waals surface area contributed by atoms with Crippen LogP contribution in [0.3, 0.4) is 0 Å². The SMILES string of the molecule is O=C(/C=C\c1ccco1)C[C@@]1(O)C(=O)N(Cc2cccc3ccccc23)c2ccccc21. The van der Waals surface area contributed by atoms with Gasteiger partial charge in [-0.15, -0.1) is 0 Å². The van der Waals surface area contributed by atoms with Crippen LogP contribution in [0.5, 0.6) is 0 Å². The number of aliphatic hydroxyl groups is 1. The number of benzene rings is 3. The number of ketones is 1. The van der Waals surface area contributed by atoms with Crippen molar-refractivity contribution in [2.45, 2.75) is 18.6 Å². The fourth-order valence-electron chi connectivity index (χ4n) is 4.31. The van der Waals surface area contributed by atoms with Gasteiger partial charge in [0.15, 0.2) is 11.4 Å². The third-order valence-corrected chi connectivity index (χ3v) is 5.85. The predicted octanol–water partition coefficient (Wildman–Crippen LogP) is 4.84. The number of carbonyl (C=O) groups excluding carboxylic acids is 2. The molecule has 0 aliphatic carbocycles. The van der Waals surface area contributed by atoms with Crippen molar-refractivity contribution >= 4 is 34.2 Å². The average molecular weight is 423 g/mol. The number of fused-ring (bicyclic) bond motifs is 2. The number of nitrogens with zero attached hydrogens (tertiary/aromatic N) is 1. The Labute approximate surface area is 185 Å². The van der Waals surface area contributed by atoms with E-state index in [0.717, 1.165) is 16.3 Å². The van der Waals surface area contributed by atoms with Gasteiger partial charge in [0.1, 0.15) is 5.76 Å². The summed E-state index contributed by atoms with van der Waals surface area (Å²) in [5.41, 5.74) is 0.131. The van der Waals surface area contributed by atoms with Crippen molar-refractivity contribution in [3.05, 3.63) is 108 Å². The van der Waals surface area contributed by atoms with E-state index in [2.05, 4.69) is 0 Å². The number of furan rings is 1. The van der Waals surface area contributed by atoms with Gasteiger partial charge < -0.3 is 14.4 Å². The molecule has 0 radical (unpaired) electrons. The molecule has 32 heavy (non-hydrogen) atoms. The van der Waals surface area contributed by atoms with Crippen molar-refractivity contribution in [2.75, 3.05) is 4.90 Å². The van der Waals surface area contributed by atoms with Gasteiger partial charge in [0.2, 0.25) is 0 Å². The lowest BCUT2D eigenvalue weighted by Crippen LogP contribution is -2.41. The zero-order valence-electron chi connectivity index (χ0n) is 17.3. The smallest absolute Gasteiger partial charge is 0.264 e. The molecule has 5 nitrogen and oxygen atoms in total. The van der Waals surface area contributed by atoms with Gasteiger partial charge in [-0.1, -0.05) is 60.7 Å². The first-order valence-electron chi connectivity index (χ1n) is 10.4. The summed E-state index contributed by atoms with van der Waals surface area (Å²) in [5.74, 6) is -0.327. The second kappa shape index (κ2) is 7.94. The highest BCUT2D eigenvalue weighted by molar-refractivity contribution is 6.10. The Balaban J connectivity index is 1.47. The lowest BCUT2D eigenvalue weighted by molar-refractivity contribution is -0.140. The molecule has 0 unspecified atom stereocenters. The molecular formula is C27H21NO4. The summed E-state index contributed by atoms with van der Waals surface area (Å²) in [4.78, 5) is 27.7. The molecule has 0 saturated heterocycles. The minimum atomic E-state index is -1.91. The van der Waals surface area contributed by atoms with Crippen molar-refractivity contribution in [3.63, 3.8) is 0 Å². The third kappa shape index (κ3) is 3.43. The minimum absolute atomic E-state index is 0.302. The molecule has 4 aromatic rings. The molecule has 0 spiro atoms. The Bertz CT molecular complexity index is 1330. The molecule has 1 N–H and O–H groups in total. The number of amides is 1. The maximum atomic E-state index is 13.5. The van der Waals surface area contributed by atoms with E-state index in [0.29, 0.717) is 23.6 Å². The molecule has 2 heterocycles. The highest BCUT2D eigenvalue weighted by atomic mass is 16.3. The maximum Gasteiger partial charge on any atom is 0.264 e. The van der Waals surface area contributed by atoms with E-state index in [4.69, 9.17) is 4.42 Å². The number of hydrogen-bond donors (Lipinski definition) is 1. The summed E-state index contributed by atoms with van der Waals surface area (Å²) < 4.78 is 5.20. The van der Waals surface area contributed by atoms with E-state index in [1.165, 1.54) is 18.4 Å². The number of para-hydroxylation sites is 1. The van der Waals surface area contributed by atoms with Gasteiger partial charge in [0.05, 0.1) is 24.9 Å². The summed E-state index contributed by atoms with van der Waals surface area (Å²) in [6.07, 6.45) is 4.04. The van der Waals surface area contributed by atoms with Gasteiger partial charge in [-0.3, -0.25) is 9.59 Å². The highest BCUT2D eigenvalue weighted by Crippen LogP contribution is 2.43. The Morgan fingerprint density at radius 2 is 1.75 bits per heavy atom. The van der Waals surface area contributed by atoms with Crippen molar-refractivity contribution < 1.29 is 19.1 Å². The van der Waals surface area contributed by atoms with Crippen molar-refractivity contribution in [2.24, 2.45) is 0 Å². The molecule has 3 aromatic carbocycles. The van der Waals surface area contributed by atoms with Crippen LogP contribution in [0.1, 0.15) is 23.3 Å². The molecule has 0 bridgehead atoms. The van der Waals surface area contributed by atoms with Crippen LogP contribution < -0.4 is 4.90 Å². The summed E-state index contributed by atoms with van der Waals surface area (Å²) in [6.45, 7) is 0.302. The van der Waals surface area contributed by atoms with Gasteiger partial charge in [-0.25, -0.2) is 0 Å². The van der Waals surface area contributed by atoms with Crippen LogP contribution in [0.15, 0.2) is 95.6 Å². The van der Waals surface area contributed by atoms with Crippen LogP contribution in [0.25, 0.3) is 16.8 Å². The summed E-state index contributed by atoms with van der Waals surface area (Å²) >= 11 is 0. The van der Waals surface area contributed by atoms with Crippen molar-refractivity contribution in [1.82, 2.24) is 0 Å². The van der Waals surface area contributed by atoms with E-state index >= 15 is 0 Å². The van der Waals surface area contributed by atoms with Crippen molar-refractivity contribution in [3.8, 4) is 0 Å². The molecule has 5 heteroatoms. The Morgan fingerprint density at radius 1 is 0.969 bits per heavy atom. The van der Waals surface area contributed by atoms with E-state index < -0.39 is 11.5 Å². The zero-order valence-corrected chi connectivity index (χ0v) is 17.3. The van der Waals surface area contributed by atoms with Crippen LogP contribution in [0.4, 0.5) is 5.69 Å². The fraction of sp³-hybridized carbons (Fsp3) is 0.111. The lowest BCUT2D eigenvalue weighted by Gasteiger charge is -2.23. The van der Waals surface area contributed by atoms with Gasteiger partial charge in [0, 0.05) is 5.56 Å². The minimum Gasteiger partial charge on any atom is -0.465 e. The van der Waals surface area contributed by atoms with Gasteiger partial charge in [-0.05, 0) is 46.7 Å². The van der Waals surface area contributed by atoms with E-state index in [1.54, 1.807) is 35.2 Å². The van der Waals surface area contributed by atoms with Gasteiger partial charge in [-0.2, -0.15) is 0 Å². The molecule has 1 aliphatic heterocycles. The largest absolute Gasteiger partial charge is 0.465 e. The first-order valence-corrected chi connectivity index (χ1v) is 10.4. The molecule has 1 amide bonds. The standard InChI is InChI=1S/C27H21NO4/c29-21(14-15-22-10-6-16-32-22)17-27(31)24-12-3-4-13-25(24)28(26(27)30)18-20-9-5-8-19-7-1-2-11-23(19)20/h1-16,31H,17-18H2/b15-14-/t27-/m0/s1. The molecular weight excluding hydrogens is 402 g/mol. The quantitative estimate of drug-likeness (QED) is 0.451. The van der Waals surface area contributed by atoms with E-state index in [-0.39, 0.29) is 12.2 Å². The molecule has 1 aromatic heterocycles. The molecule has 158 valence electrons. The second-order valence-electron chi connectivity index (χ2n) is 7.90. The Kier molecular flexibility index (Phi) is 4.96. The van der Waals surface area contributed by atoms with Crippen LogP contribution in [-0.2, 0) is 21.7 Å². The van der Waals surface area contributed by atoms with Crippen LogP contribution in [-0.4, -0.2) is 16.8 Å². The average Bonchev–Trinajstić information content (AvgIpc) is 3.40. The first-order chi connectivity index (χ1) is 15.6. The number of allylic oxidation sites excluding steroid dienone is 1. The normalized spacial score (nSPS) is 17.9. The zero-order chi connectivity index (χ0) is 22.1. The number of hydrogen-bond acceptors (Lipinski definition) is 4. The van der Waals surface area contributed by atoms with Gasteiger partial charge >= 0.3 is 0 Å². The summed E-state index contributed by atoms with van der Waals surface area (Å²) in [7, 11) is 0. The van der Waals surface area contributed by atoms with Crippen molar-refractivity contribution in [1.29, 1.82) is 0 Å². The first kappa shape index (κ1) is 20.0. The second-order valence-corrected chi connectivity index (χ2v) is 7.90. The fourth-order valence-corrected chi connectivity index (χ4v) is 4.31. The predicted molar refractivity (Wildman–Crippen MR) is 123 cm³/mol. The van der Waals surface area contributed by atoms with Gasteiger partial charge in [0.25, 0.3) is 5.91 Å².